The van der Waals surface area contributed by atoms with E-state index in [4.69, 9.17) is 10.2 Å². The maximum Gasteiger partial charge on any atom is 0.320 e. The van der Waals surface area contributed by atoms with Gasteiger partial charge in [0.1, 0.15) is 12.1 Å². The number of rotatable bonds is 6. The molecule has 15 heavy (non-hydrogen) atoms. The summed E-state index contributed by atoms with van der Waals surface area (Å²) in [5, 5.41) is 20.5. The van der Waals surface area contributed by atoms with Gasteiger partial charge in [0.05, 0.1) is 0 Å². The first-order chi connectivity index (χ1) is 6.77. The third kappa shape index (κ3) is 4.29. The van der Waals surface area contributed by atoms with E-state index in [9.17, 15) is 9.59 Å². The quantitative estimate of drug-likeness (QED) is 0.612. The van der Waals surface area contributed by atoms with Gasteiger partial charge in [-0.05, 0) is 11.8 Å². The van der Waals surface area contributed by atoms with Crippen molar-refractivity contribution in [2.45, 2.75) is 39.8 Å². The summed E-state index contributed by atoms with van der Waals surface area (Å²) in [5.41, 5.74) is 0. The molecular formula is C10H19NO4. The van der Waals surface area contributed by atoms with Crippen LogP contribution in [0.1, 0.15) is 27.7 Å². The molecule has 0 spiro atoms. The number of hydrogen-bond donors (Lipinski definition) is 3. The van der Waals surface area contributed by atoms with E-state index in [0.717, 1.165) is 0 Å². The summed E-state index contributed by atoms with van der Waals surface area (Å²) in [7, 11) is 0. The second-order valence-corrected chi connectivity index (χ2v) is 4.29. The highest BCUT2D eigenvalue weighted by atomic mass is 16.4. The molecule has 5 heteroatoms. The Morgan fingerprint density at radius 1 is 0.867 bits per heavy atom. The van der Waals surface area contributed by atoms with Crippen LogP contribution in [0.4, 0.5) is 0 Å². The Balaban J connectivity index is 4.62. The molecule has 0 aromatic rings. The van der Waals surface area contributed by atoms with E-state index in [-0.39, 0.29) is 11.8 Å². The third-order valence-corrected chi connectivity index (χ3v) is 2.22. The van der Waals surface area contributed by atoms with Crippen molar-refractivity contribution < 1.29 is 19.8 Å². The van der Waals surface area contributed by atoms with Gasteiger partial charge >= 0.3 is 11.9 Å². The van der Waals surface area contributed by atoms with E-state index in [0.29, 0.717) is 0 Å². The predicted octanol–water partition coefficient (Wildman–Crippen LogP) is 0.794. The molecule has 3 N–H and O–H groups in total. The lowest BCUT2D eigenvalue weighted by Gasteiger charge is -2.25. The molecule has 0 aliphatic heterocycles. The molecule has 0 aliphatic rings. The summed E-state index contributed by atoms with van der Waals surface area (Å²) in [5.74, 6) is -2.33. The van der Waals surface area contributed by atoms with Gasteiger partial charge in [-0.25, -0.2) is 0 Å². The van der Waals surface area contributed by atoms with Crippen LogP contribution >= 0.6 is 0 Å². The average Bonchev–Trinajstić information content (AvgIpc) is 2.01. The SMILES string of the molecule is CC(C)C(NC(C(=O)O)C(C)C)C(=O)O. The zero-order valence-corrected chi connectivity index (χ0v) is 9.52. The Bertz CT molecular complexity index is 214. The number of carboxylic acids is 2. The highest BCUT2D eigenvalue weighted by Crippen LogP contribution is 2.08. The zero-order chi connectivity index (χ0) is 12.2. The number of nitrogens with one attached hydrogen (secondary N) is 1. The lowest BCUT2D eigenvalue weighted by atomic mass is 9.99. The first-order valence-electron chi connectivity index (χ1n) is 4.99. The molecule has 0 saturated carbocycles. The normalized spacial score (nSPS) is 15.3. The van der Waals surface area contributed by atoms with E-state index >= 15 is 0 Å². The first-order valence-corrected chi connectivity index (χ1v) is 4.99. The Hall–Kier alpha value is -1.10. The number of carbonyl (C=O) groups is 2. The number of carboxylic acid groups (broad SMARTS) is 2. The molecule has 0 amide bonds. The van der Waals surface area contributed by atoms with Crippen molar-refractivity contribution in [2.75, 3.05) is 0 Å². The van der Waals surface area contributed by atoms with Crippen molar-refractivity contribution in [3.8, 4) is 0 Å². The van der Waals surface area contributed by atoms with Gasteiger partial charge in [-0.2, -0.15) is 0 Å². The molecule has 0 saturated heterocycles. The molecule has 88 valence electrons. The molecule has 0 fully saturated rings. The fourth-order valence-corrected chi connectivity index (χ4v) is 1.29. The van der Waals surface area contributed by atoms with Gasteiger partial charge in [0.2, 0.25) is 0 Å². The monoisotopic (exact) mass is 217 g/mol. The van der Waals surface area contributed by atoms with Crippen LogP contribution in [0.3, 0.4) is 0 Å². The Morgan fingerprint density at radius 3 is 1.27 bits per heavy atom. The number of aliphatic carboxylic acids is 2. The molecule has 0 aromatic heterocycles. The van der Waals surface area contributed by atoms with Crippen molar-refractivity contribution in [3.63, 3.8) is 0 Å². The van der Waals surface area contributed by atoms with Gasteiger partial charge < -0.3 is 10.2 Å². The summed E-state index contributed by atoms with van der Waals surface area (Å²) in [6, 6.07) is -1.65. The summed E-state index contributed by atoms with van der Waals surface area (Å²) < 4.78 is 0. The molecule has 2 atom stereocenters. The lowest BCUT2D eigenvalue weighted by Crippen LogP contribution is -2.51. The first kappa shape index (κ1) is 13.9. The van der Waals surface area contributed by atoms with Crippen LogP contribution in [0.25, 0.3) is 0 Å². The molecule has 0 aromatic carbocycles. The van der Waals surface area contributed by atoms with Gasteiger partial charge in [-0.3, -0.25) is 14.9 Å². The van der Waals surface area contributed by atoms with Crippen LogP contribution in [-0.4, -0.2) is 34.2 Å². The van der Waals surface area contributed by atoms with Gasteiger partial charge in [0.15, 0.2) is 0 Å². The van der Waals surface area contributed by atoms with Crippen LogP contribution in [0.15, 0.2) is 0 Å². The minimum absolute atomic E-state index is 0.150. The summed E-state index contributed by atoms with van der Waals surface area (Å²) in [6.45, 7) is 6.96. The highest BCUT2D eigenvalue weighted by Gasteiger charge is 2.29. The second-order valence-electron chi connectivity index (χ2n) is 4.29. The van der Waals surface area contributed by atoms with Crippen LogP contribution in [0.5, 0.6) is 0 Å². The molecule has 5 nitrogen and oxygen atoms in total. The van der Waals surface area contributed by atoms with E-state index < -0.39 is 24.0 Å². The van der Waals surface area contributed by atoms with E-state index in [1.807, 2.05) is 0 Å². The zero-order valence-electron chi connectivity index (χ0n) is 9.52. The van der Waals surface area contributed by atoms with Crippen molar-refractivity contribution in [2.24, 2.45) is 11.8 Å². The fraction of sp³-hybridized carbons (Fsp3) is 0.800. The molecule has 0 radical (unpaired) electrons. The summed E-state index contributed by atoms with van der Waals surface area (Å²) >= 11 is 0. The molecular weight excluding hydrogens is 198 g/mol. The summed E-state index contributed by atoms with van der Waals surface area (Å²) in [6.07, 6.45) is 0. The van der Waals surface area contributed by atoms with Crippen LogP contribution in [0.2, 0.25) is 0 Å². The Kier molecular flexibility index (Phi) is 5.28. The maximum atomic E-state index is 10.9. The van der Waals surface area contributed by atoms with E-state index in [1.54, 1.807) is 27.7 Å². The van der Waals surface area contributed by atoms with Crippen molar-refractivity contribution in [3.05, 3.63) is 0 Å². The number of hydrogen-bond acceptors (Lipinski definition) is 3. The predicted molar refractivity (Wildman–Crippen MR) is 55.7 cm³/mol. The molecule has 0 heterocycles. The maximum absolute atomic E-state index is 10.9. The average molecular weight is 217 g/mol. The molecule has 0 bridgehead atoms. The van der Waals surface area contributed by atoms with Gasteiger partial charge in [0, 0.05) is 0 Å². The van der Waals surface area contributed by atoms with Crippen molar-refractivity contribution in [1.29, 1.82) is 0 Å². The van der Waals surface area contributed by atoms with Gasteiger partial charge in [0.25, 0.3) is 0 Å². The Morgan fingerprint density at radius 2 is 1.13 bits per heavy atom. The topological polar surface area (TPSA) is 86.6 Å². The van der Waals surface area contributed by atoms with Crippen LogP contribution in [-0.2, 0) is 9.59 Å². The Labute approximate surface area is 89.5 Å². The molecule has 0 rings (SSSR count). The van der Waals surface area contributed by atoms with Crippen LogP contribution in [0, 0.1) is 11.8 Å². The molecule has 2 unspecified atom stereocenters. The van der Waals surface area contributed by atoms with E-state index in [1.165, 1.54) is 0 Å². The smallest absolute Gasteiger partial charge is 0.320 e. The second kappa shape index (κ2) is 5.70. The third-order valence-electron chi connectivity index (χ3n) is 2.22. The fourth-order valence-electron chi connectivity index (χ4n) is 1.29. The minimum Gasteiger partial charge on any atom is -0.480 e. The van der Waals surface area contributed by atoms with E-state index in [2.05, 4.69) is 5.32 Å². The summed E-state index contributed by atoms with van der Waals surface area (Å²) in [4.78, 5) is 21.7. The van der Waals surface area contributed by atoms with Gasteiger partial charge in [-0.1, -0.05) is 27.7 Å². The largest absolute Gasteiger partial charge is 0.480 e. The highest BCUT2D eigenvalue weighted by molar-refractivity contribution is 5.77. The van der Waals surface area contributed by atoms with Gasteiger partial charge in [-0.15, -0.1) is 0 Å². The van der Waals surface area contributed by atoms with Crippen molar-refractivity contribution in [1.82, 2.24) is 5.32 Å². The lowest BCUT2D eigenvalue weighted by molar-refractivity contribution is -0.144. The van der Waals surface area contributed by atoms with Crippen molar-refractivity contribution >= 4 is 11.9 Å². The molecule has 0 aliphatic carbocycles. The minimum atomic E-state index is -1.02. The van der Waals surface area contributed by atoms with Crippen LogP contribution < -0.4 is 5.32 Å². The standard InChI is InChI=1S/C10H19NO4/c1-5(2)7(9(12)13)11-8(6(3)4)10(14)15/h5-8,11H,1-4H3,(H,12,13)(H,14,15).